The first kappa shape index (κ1) is 33.7. The van der Waals surface area contributed by atoms with Gasteiger partial charge in [0.2, 0.25) is 11.8 Å². The Balaban J connectivity index is 2.12. The Bertz CT molecular complexity index is 1550. The molecule has 0 fully saturated rings. The molecular formula is C30H33ClF3N3O5S. The molecule has 0 aliphatic rings. The average molecular weight is 640 g/mol. The van der Waals surface area contributed by atoms with Crippen LogP contribution in [0.5, 0.6) is 5.75 Å². The number of benzene rings is 3. The van der Waals surface area contributed by atoms with Crippen molar-refractivity contribution in [3.8, 4) is 5.75 Å². The molecule has 43 heavy (non-hydrogen) atoms. The number of hydrogen-bond donors (Lipinski definition) is 1. The fraction of sp³-hybridized carbons (Fsp3) is 0.333. The molecule has 1 atom stereocenters. The molecule has 0 unspecified atom stereocenters. The summed E-state index contributed by atoms with van der Waals surface area (Å²) in [7, 11) is -3.07. The number of nitrogens with zero attached hydrogens (tertiary/aromatic N) is 2. The molecule has 0 spiro atoms. The molecule has 1 N–H and O–H groups in total. The zero-order valence-electron chi connectivity index (χ0n) is 24.3. The summed E-state index contributed by atoms with van der Waals surface area (Å²) in [5.41, 5.74) is -0.322. The van der Waals surface area contributed by atoms with Gasteiger partial charge in [0.1, 0.15) is 18.3 Å². The number of anilines is 1. The molecule has 13 heteroatoms. The van der Waals surface area contributed by atoms with Crippen LogP contribution >= 0.6 is 11.6 Å². The number of halogens is 4. The van der Waals surface area contributed by atoms with E-state index in [-0.39, 0.29) is 17.5 Å². The van der Waals surface area contributed by atoms with Crippen molar-refractivity contribution in [1.82, 2.24) is 10.2 Å². The number of rotatable bonds is 11. The second-order valence-corrected chi connectivity index (χ2v) is 12.5. The summed E-state index contributed by atoms with van der Waals surface area (Å²) in [6.07, 6.45) is -4.89. The highest BCUT2D eigenvalue weighted by Crippen LogP contribution is 2.38. The van der Waals surface area contributed by atoms with Crippen LogP contribution in [0.3, 0.4) is 0 Å². The summed E-state index contributed by atoms with van der Waals surface area (Å²) in [6.45, 7) is 5.73. The number of carbonyl (C=O) groups is 2. The quantitative estimate of drug-likeness (QED) is 0.286. The van der Waals surface area contributed by atoms with E-state index in [9.17, 15) is 31.2 Å². The van der Waals surface area contributed by atoms with Gasteiger partial charge in [0.05, 0.1) is 28.3 Å². The van der Waals surface area contributed by atoms with Crippen molar-refractivity contribution in [2.24, 2.45) is 0 Å². The van der Waals surface area contributed by atoms with E-state index in [0.29, 0.717) is 21.7 Å². The largest absolute Gasteiger partial charge is 0.497 e. The van der Waals surface area contributed by atoms with Gasteiger partial charge < -0.3 is 15.0 Å². The van der Waals surface area contributed by atoms with Gasteiger partial charge in [0, 0.05) is 12.6 Å². The van der Waals surface area contributed by atoms with Gasteiger partial charge in [-0.2, -0.15) is 13.2 Å². The Labute approximate surface area is 254 Å². The van der Waals surface area contributed by atoms with E-state index in [1.165, 1.54) is 43.2 Å². The van der Waals surface area contributed by atoms with Crippen LogP contribution in [0.4, 0.5) is 18.9 Å². The van der Waals surface area contributed by atoms with Crippen molar-refractivity contribution < 1.29 is 35.9 Å². The minimum Gasteiger partial charge on any atom is -0.497 e. The van der Waals surface area contributed by atoms with Crippen LogP contribution in [-0.4, -0.2) is 50.9 Å². The van der Waals surface area contributed by atoms with E-state index >= 15 is 0 Å². The summed E-state index contributed by atoms with van der Waals surface area (Å²) in [5.74, 6) is -0.747. The molecule has 8 nitrogen and oxygen atoms in total. The third-order valence-electron chi connectivity index (χ3n) is 6.54. The third kappa shape index (κ3) is 8.41. The minimum atomic E-state index is -4.89. The van der Waals surface area contributed by atoms with E-state index in [4.69, 9.17) is 16.3 Å². The predicted molar refractivity (Wildman–Crippen MR) is 158 cm³/mol. The fourth-order valence-corrected chi connectivity index (χ4v) is 5.80. The first-order valence-corrected chi connectivity index (χ1v) is 15.0. The van der Waals surface area contributed by atoms with Gasteiger partial charge in [-0.1, -0.05) is 41.4 Å². The SMILES string of the molecule is COc1ccc(CN(C(=O)CN(c2ccc(Cl)c(C(F)(F)F)c2)S(=O)(=O)c2ccc(C)cc2)[C@H](C)C(=O)NC(C)C)cc1. The topological polar surface area (TPSA) is 96.0 Å². The lowest BCUT2D eigenvalue weighted by atomic mass is 10.1. The second-order valence-electron chi connectivity index (χ2n) is 10.2. The van der Waals surface area contributed by atoms with Crippen LogP contribution in [-0.2, 0) is 32.3 Å². The Hall–Kier alpha value is -3.77. The highest BCUT2D eigenvalue weighted by atomic mass is 35.5. The maximum absolute atomic E-state index is 13.9. The molecule has 3 aromatic carbocycles. The molecule has 3 aromatic rings. The highest BCUT2D eigenvalue weighted by Gasteiger charge is 2.37. The van der Waals surface area contributed by atoms with Crippen molar-refractivity contribution in [2.45, 2.75) is 57.4 Å². The Morgan fingerprint density at radius 1 is 0.977 bits per heavy atom. The zero-order chi connectivity index (χ0) is 32.1. The van der Waals surface area contributed by atoms with Crippen molar-refractivity contribution in [3.63, 3.8) is 0 Å². The van der Waals surface area contributed by atoms with Gasteiger partial charge in [-0.25, -0.2) is 8.42 Å². The molecule has 0 bridgehead atoms. The Morgan fingerprint density at radius 2 is 1.58 bits per heavy atom. The number of alkyl halides is 3. The number of hydrogen-bond acceptors (Lipinski definition) is 5. The van der Waals surface area contributed by atoms with Gasteiger partial charge in [-0.15, -0.1) is 0 Å². The smallest absolute Gasteiger partial charge is 0.417 e. The zero-order valence-corrected chi connectivity index (χ0v) is 25.8. The molecule has 0 aromatic heterocycles. The summed E-state index contributed by atoms with van der Waals surface area (Å²) < 4.78 is 74.8. The van der Waals surface area contributed by atoms with Gasteiger partial charge >= 0.3 is 6.18 Å². The number of aryl methyl sites for hydroxylation is 1. The molecule has 232 valence electrons. The summed E-state index contributed by atoms with van der Waals surface area (Å²) >= 11 is 5.80. The number of methoxy groups -OCH3 is 1. The molecule has 0 saturated heterocycles. The lowest BCUT2D eigenvalue weighted by molar-refractivity contribution is -0.139. The number of nitrogens with one attached hydrogen (secondary N) is 1. The van der Waals surface area contributed by atoms with Gasteiger partial charge in [0.15, 0.2) is 0 Å². The summed E-state index contributed by atoms with van der Waals surface area (Å²) in [5, 5.41) is 2.10. The molecule has 0 aliphatic heterocycles. The maximum Gasteiger partial charge on any atom is 0.417 e. The molecule has 0 saturated carbocycles. The van der Waals surface area contributed by atoms with Gasteiger partial charge in [-0.3, -0.25) is 13.9 Å². The van der Waals surface area contributed by atoms with Crippen molar-refractivity contribution >= 4 is 39.1 Å². The summed E-state index contributed by atoms with van der Waals surface area (Å²) in [4.78, 5) is 27.9. The third-order valence-corrected chi connectivity index (χ3v) is 8.66. The first-order chi connectivity index (χ1) is 20.0. The van der Waals surface area contributed by atoms with Crippen molar-refractivity contribution in [2.75, 3.05) is 18.0 Å². The van der Waals surface area contributed by atoms with E-state index < -0.39 is 56.9 Å². The Kier molecular flexibility index (Phi) is 10.7. The van der Waals surface area contributed by atoms with Gasteiger partial charge in [-0.05, 0) is 75.7 Å². The van der Waals surface area contributed by atoms with Crippen LogP contribution < -0.4 is 14.4 Å². The average Bonchev–Trinajstić information content (AvgIpc) is 2.94. The van der Waals surface area contributed by atoms with Crippen LogP contribution in [0.25, 0.3) is 0 Å². The highest BCUT2D eigenvalue weighted by molar-refractivity contribution is 7.92. The maximum atomic E-state index is 13.9. The minimum absolute atomic E-state index is 0.0949. The summed E-state index contributed by atoms with van der Waals surface area (Å²) in [6, 6.07) is 13.7. The van der Waals surface area contributed by atoms with Crippen LogP contribution in [0.2, 0.25) is 5.02 Å². The molecular weight excluding hydrogens is 607 g/mol. The number of amides is 2. The number of sulfonamides is 1. The van der Waals surface area contributed by atoms with Crippen LogP contribution in [0, 0.1) is 6.92 Å². The van der Waals surface area contributed by atoms with E-state index in [1.807, 2.05) is 0 Å². The predicted octanol–water partition coefficient (Wildman–Crippen LogP) is 5.81. The van der Waals surface area contributed by atoms with E-state index in [2.05, 4.69) is 5.32 Å². The van der Waals surface area contributed by atoms with E-state index in [0.717, 1.165) is 17.7 Å². The lowest BCUT2D eigenvalue weighted by Gasteiger charge is -2.32. The normalized spacial score (nSPS) is 12.5. The number of carbonyl (C=O) groups excluding carboxylic acids is 2. The number of ether oxygens (including phenoxy) is 1. The second kappa shape index (κ2) is 13.7. The lowest BCUT2D eigenvalue weighted by Crippen LogP contribution is -2.52. The molecule has 0 radical (unpaired) electrons. The molecule has 0 aliphatic carbocycles. The van der Waals surface area contributed by atoms with Crippen molar-refractivity contribution in [3.05, 3.63) is 88.4 Å². The fourth-order valence-electron chi connectivity index (χ4n) is 4.17. The molecule has 2 amide bonds. The van der Waals surface area contributed by atoms with Gasteiger partial charge in [0.25, 0.3) is 10.0 Å². The standard InChI is InChI=1S/C30H33ClF3N3O5S/c1-19(2)35-29(39)21(4)36(17-22-8-11-24(42-5)12-9-22)28(38)18-37(43(40,41)25-13-6-20(3)7-14-25)23-10-15-27(31)26(16-23)30(32,33)34/h6-16,19,21H,17-18H2,1-5H3,(H,35,39)/t21-/m1/s1. The van der Waals surface area contributed by atoms with Crippen LogP contribution in [0.15, 0.2) is 71.6 Å². The molecule has 3 rings (SSSR count). The van der Waals surface area contributed by atoms with E-state index in [1.54, 1.807) is 45.0 Å². The molecule has 0 heterocycles. The first-order valence-electron chi connectivity index (χ1n) is 13.2. The Morgan fingerprint density at radius 3 is 2.12 bits per heavy atom. The van der Waals surface area contributed by atoms with Crippen LogP contribution in [0.1, 0.15) is 37.5 Å². The monoisotopic (exact) mass is 639 g/mol. The van der Waals surface area contributed by atoms with Crippen molar-refractivity contribution in [1.29, 1.82) is 0 Å².